The molecule has 1 aromatic heterocycles. The smallest absolute Gasteiger partial charge is 0.407 e. The quantitative estimate of drug-likeness (QED) is 0.847. The highest BCUT2D eigenvalue weighted by atomic mass is 35.5. The minimum Gasteiger partial charge on any atom is -0.490 e. The monoisotopic (exact) mass is 341 g/mol. The van der Waals surface area contributed by atoms with Crippen molar-refractivity contribution in [2.45, 2.75) is 58.1 Å². The molecule has 1 N–H and O–H groups in total. The van der Waals surface area contributed by atoms with Crippen LogP contribution in [0.3, 0.4) is 0 Å². The molecule has 2 rings (SSSR count). The van der Waals surface area contributed by atoms with E-state index in [1.54, 1.807) is 12.4 Å². The van der Waals surface area contributed by atoms with Gasteiger partial charge >= 0.3 is 6.09 Å². The van der Waals surface area contributed by atoms with Gasteiger partial charge in [0, 0.05) is 6.04 Å². The molecule has 0 radical (unpaired) electrons. The maximum atomic E-state index is 11.8. The van der Waals surface area contributed by atoms with Crippen molar-refractivity contribution in [2.24, 2.45) is 5.92 Å². The van der Waals surface area contributed by atoms with E-state index in [0.29, 0.717) is 18.3 Å². The minimum absolute atomic E-state index is 0.181. The van der Waals surface area contributed by atoms with Gasteiger partial charge in [-0.15, -0.1) is 0 Å². The number of nitrogens with zero attached hydrogens (tertiary/aromatic N) is 2. The van der Waals surface area contributed by atoms with Gasteiger partial charge in [-0.1, -0.05) is 0 Å². The number of nitrogens with one attached hydrogen (secondary N) is 1. The Hall–Kier alpha value is -1.56. The molecule has 0 bridgehead atoms. The van der Waals surface area contributed by atoms with Crippen LogP contribution in [-0.2, 0) is 4.74 Å². The van der Waals surface area contributed by atoms with Gasteiger partial charge < -0.3 is 14.8 Å². The molecule has 1 aromatic rings. The number of amides is 1. The molecule has 0 atom stereocenters. The Morgan fingerprint density at radius 3 is 2.43 bits per heavy atom. The zero-order valence-corrected chi connectivity index (χ0v) is 14.6. The van der Waals surface area contributed by atoms with Crippen LogP contribution in [0.2, 0.25) is 5.28 Å². The van der Waals surface area contributed by atoms with Crippen molar-refractivity contribution in [1.82, 2.24) is 15.3 Å². The first kappa shape index (κ1) is 17.8. The number of rotatable bonds is 4. The van der Waals surface area contributed by atoms with E-state index in [-0.39, 0.29) is 17.4 Å². The molecule has 0 aliphatic heterocycles. The highest BCUT2D eigenvalue weighted by Gasteiger charge is 2.25. The number of ether oxygens (including phenoxy) is 2. The van der Waals surface area contributed by atoms with Gasteiger partial charge in [0.05, 0.1) is 19.0 Å². The van der Waals surface area contributed by atoms with Gasteiger partial charge in [0.15, 0.2) is 5.75 Å². The predicted molar refractivity (Wildman–Crippen MR) is 87.7 cm³/mol. The van der Waals surface area contributed by atoms with Crippen molar-refractivity contribution in [2.75, 3.05) is 6.61 Å². The summed E-state index contributed by atoms with van der Waals surface area (Å²) in [6, 6.07) is 0.181. The van der Waals surface area contributed by atoms with Gasteiger partial charge in [0.25, 0.3) is 0 Å². The van der Waals surface area contributed by atoms with Crippen LogP contribution in [0.1, 0.15) is 46.5 Å². The van der Waals surface area contributed by atoms with Crippen LogP contribution in [0.25, 0.3) is 0 Å². The summed E-state index contributed by atoms with van der Waals surface area (Å²) < 4.78 is 11.0. The first-order valence-corrected chi connectivity index (χ1v) is 8.29. The van der Waals surface area contributed by atoms with Crippen LogP contribution in [0.5, 0.6) is 5.75 Å². The lowest BCUT2D eigenvalue weighted by molar-refractivity contribution is 0.0483. The Morgan fingerprint density at radius 2 is 1.87 bits per heavy atom. The standard InChI is InChI=1S/C16H24ClN3O3/c1-16(2,3)23-15(21)20-12-6-4-11(5-7-12)10-22-13-8-18-14(17)19-9-13/h8-9,11-12H,4-7,10H2,1-3H3,(H,20,21). The fraction of sp³-hybridized carbons (Fsp3) is 0.688. The zero-order chi connectivity index (χ0) is 16.9. The number of halogens is 1. The van der Waals surface area contributed by atoms with Gasteiger partial charge in [-0.05, 0) is 64.0 Å². The Balaban J connectivity index is 1.67. The van der Waals surface area contributed by atoms with E-state index in [9.17, 15) is 4.79 Å². The lowest BCUT2D eigenvalue weighted by Crippen LogP contribution is -2.41. The van der Waals surface area contributed by atoms with Crippen LogP contribution in [-0.4, -0.2) is 34.3 Å². The maximum absolute atomic E-state index is 11.8. The second-order valence-electron chi connectivity index (χ2n) is 6.86. The van der Waals surface area contributed by atoms with Crippen molar-refractivity contribution in [3.8, 4) is 5.75 Å². The normalized spacial score (nSPS) is 21.6. The van der Waals surface area contributed by atoms with Gasteiger partial charge in [-0.25, -0.2) is 14.8 Å². The molecular weight excluding hydrogens is 318 g/mol. The second kappa shape index (κ2) is 7.81. The molecule has 7 heteroatoms. The average Bonchev–Trinajstić information content (AvgIpc) is 2.46. The second-order valence-corrected chi connectivity index (χ2v) is 7.20. The van der Waals surface area contributed by atoms with E-state index in [1.165, 1.54) is 0 Å². The SMILES string of the molecule is CC(C)(C)OC(=O)NC1CCC(COc2cnc(Cl)nc2)CC1. The Bertz CT molecular complexity index is 508. The zero-order valence-electron chi connectivity index (χ0n) is 13.8. The first-order valence-electron chi connectivity index (χ1n) is 7.92. The van der Waals surface area contributed by atoms with E-state index >= 15 is 0 Å². The van der Waals surface area contributed by atoms with Crippen LogP contribution in [0, 0.1) is 5.92 Å². The largest absolute Gasteiger partial charge is 0.490 e. The number of alkyl carbamates (subject to hydrolysis) is 1. The van der Waals surface area contributed by atoms with Gasteiger partial charge in [0.2, 0.25) is 5.28 Å². The highest BCUT2D eigenvalue weighted by molar-refractivity contribution is 6.28. The van der Waals surface area contributed by atoms with E-state index in [2.05, 4.69) is 15.3 Å². The minimum atomic E-state index is -0.463. The van der Waals surface area contributed by atoms with Crippen LogP contribution >= 0.6 is 11.6 Å². The van der Waals surface area contributed by atoms with Crippen LogP contribution < -0.4 is 10.1 Å². The highest BCUT2D eigenvalue weighted by Crippen LogP contribution is 2.25. The van der Waals surface area contributed by atoms with E-state index in [1.807, 2.05) is 20.8 Å². The number of aromatic nitrogens is 2. The average molecular weight is 342 g/mol. The van der Waals surface area contributed by atoms with Crippen molar-refractivity contribution in [3.05, 3.63) is 17.7 Å². The molecule has 128 valence electrons. The first-order chi connectivity index (χ1) is 10.8. The van der Waals surface area contributed by atoms with Gasteiger partial charge in [0.1, 0.15) is 5.60 Å². The summed E-state index contributed by atoms with van der Waals surface area (Å²) in [6.07, 6.45) is 6.70. The third kappa shape index (κ3) is 6.60. The molecule has 6 nitrogen and oxygen atoms in total. The van der Waals surface area contributed by atoms with Crippen LogP contribution in [0.4, 0.5) is 4.79 Å². The molecular formula is C16H24ClN3O3. The van der Waals surface area contributed by atoms with Gasteiger partial charge in [-0.2, -0.15) is 0 Å². The van der Waals surface area contributed by atoms with E-state index in [0.717, 1.165) is 25.7 Å². The molecule has 0 unspecified atom stereocenters. The fourth-order valence-electron chi connectivity index (χ4n) is 2.54. The summed E-state index contributed by atoms with van der Waals surface area (Å²) in [7, 11) is 0. The molecule has 1 heterocycles. The topological polar surface area (TPSA) is 73.3 Å². The molecule has 1 fully saturated rings. The predicted octanol–water partition coefficient (Wildman–Crippen LogP) is 3.59. The maximum Gasteiger partial charge on any atom is 0.407 e. The van der Waals surface area contributed by atoms with Crippen molar-refractivity contribution >= 4 is 17.7 Å². The summed E-state index contributed by atoms with van der Waals surface area (Å²) >= 11 is 5.64. The third-order valence-corrected chi connectivity index (χ3v) is 3.85. The number of hydrogen-bond acceptors (Lipinski definition) is 5. The molecule has 0 aromatic carbocycles. The molecule has 1 amide bonds. The van der Waals surface area contributed by atoms with Crippen molar-refractivity contribution in [1.29, 1.82) is 0 Å². The lowest BCUT2D eigenvalue weighted by Gasteiger charge is -2.29. The fourth-order valence-corrected chi connectivity index (χ4v) is 2.63. The van der Waals surface area contributed by atoms with E-state index < -0.39 is 5.60 Å². The molecule has 0 spiro atoms. The summed E-state index contributed by atoms with van der Waals surface area (Å²) in [4.78, 5) is 19.5. The Morgan fingerprint density at radius 1 is 1.26 bits per heavy atom. The summed E-state index contributed by atoms with van der Waals surface area (Å²) in [5.41, 5.74) is -0.463. The third-order valence-electron chi connectivity index (χ3n) is 3.65. The lowest BCUT2D eigenvalue weighted by atomic mass is 9.86. The number of carbonyl (C=O) groups is 1. The number of carbonyl (C=O) groups excluding carboxylic acids is 1. The van der Waals surface area contributed by atoms with Crippen molar-refractivity contribution in [3.63, 3.8) is 0 Å². The van der Waals surface area contributed by atoms with E-state index in [4.69, 9.17) is 21.1 Å². The summed E-state index contributed by atoms with van der Waals surface area (Å²) in [5.74, 6) is 1.10. The molecule has 1 aliphatic rings. The Kier molecular flexibility index (Phi) is 6.04. The summed E-state index contributed by atoms with van der Waals surface area (Å²) in [6.45, 7) is 6.22. The molecule has 0 saturated heterocycles. The molecule has 23 heavy (non-hydrogen) atoms. The molecule has 1 aliphatic carbocycles. The van der Waals surface area contributed by atoms with Crippen LogP contribution in [0.15, 0.2) is 12.4 Å². The molecule has 1 saturated carbocycles. The van der Waals surface area contributed by atoms with Crippen molar-refractivity contribution < 1.29 is 14.3 Å². The Labute approximate surface area is 141 Å². The van der Waals surface area contributed by atoms with Gasteiger partial charge in [-0.3, -0.25) is 0 Å². The number of hydrogen-bond donors (Lipinski definition) is 1. The summed E-state index contributed by atoms with van der Waals surface area (Å²) in [5, 5.41) is 3.15.